The van der Waals surface area contributed by atoms with E-state index in [4.69, 9.17) is 9.47 Å². The van der Waals surface area contributed by atoms with Crippen molar-refractivity contribution in [2.45, 2.75) is 39.5 Å². The SMILES string of the molecule is COc1cc(CO)cc(Nc2cccc(CNC(=O)OC(C)(C)C)c2)n1. The Labute approximate surface area is 153 Å². The normalized spacial score (nSPS) is 11.0. The van der Waals surface area contributed by atoms with Gasteiger partial charge in [-0.15, -0.1) is 0 Å². The van der Waals surface area contributed by atoms with Crippen molar-refractivity contribution >= 4 is 17.6 Å². The van der Waals surface area contributed by atoms with Gasteiger partial charge in [0.15, 0.2) is 0 Å². The number of methoxy groups -OCH3 is 1. The molecule has 0 fully saturated rings. The molecule has 2 aromatic rings. The Morgan fingerprint density at radius 1 is 1.19 bits per heavy atom. The smallest absolute Gasteiger partial charge is 0.407 e. The average molecular weight is 359 g/mol. The van der Waals surface area contributed by atoms with Crippen molar-refractivity contribution in [3.8, 4) is 5.88 Å². The second-order valence-electron chi connectivity index (χ2n) is 6.74. The van der Waals surface area contributed by atoms with E-state index in [9.17, 15) is 9.90 Å². The fourth-order valence-corrected chi connectivity index (χ4v) is 2.21. The van der Waals surface area contributed by atoms with Crippen LogP contribution in [0.5, 0.6) is 5.88 Å². The van der Waals surface area contributed by atoms with E-state index in [1.54, 1.807) is 12.1 Å². The van der Waals surface area contributed by atoms with E-state index >= 15 is 0 Å². The first-order valence-corrected chi connectivity index (χ1v) is 8.27. The predicted molar refractivity (Wildman–Crippen MR) is 99.5 cm³/mol. The molecule has 26 heavy (non-hydrogen) atoms. The van der Waals surface area contributed by atoms with Gasteiger partial charge in [0, 0.05) is 18.3 Å². The zero-order valence-corrected chi connectivity index (χ0v) is 15.5. The van der Waals surface area contributed by atoms with E-state index in [0.29, 0.717) is 23.8 Å². The standard InChI is InChI=1S/C19H25N3O4/c1-19(2,3)26-18(24)20-11-13-6-5-7-15(8-13)21-16-9-14(12-23)10-17(22-16)25-4/h5-10,23H,11-12H2,1-4H3,(H,20,24)(H,21,22). The van der Waals surface area contributed by atoms with Crippen LogP contribution < -0.4 is 15.4 Å². The van der Waals surface area contributed by atoms with E-state index in [-0.39, 0.29) is 6.61 Å². The molecule has 0 unspecified atom stereocenters. The van der Waals surface area contributed by atoms with Crippen LogP contribution in [0.15, 0.2) is 36.4 Å². The van der Waals surface area contributed by atoms with Crippen molar-refractivity contribution in [2.75, 3.05) is 12.4 Å². The first kappa shape index (κ1) is 19.5. The lowest BCUT2D eigenvalue weighted by Crippen LogP contribution is -2.32. The molecular formula is C19H25N3O4. The third-order valence-corrected chi connectivity index (χ3v) is 3.29. The number of carbonyl (C=O) groups excluding carboxylic acids is 1. The average Bonchev–Trinajstić information content (AvgIpc) is 2.58. The second-order valence-corrected chi connectivity index (χ2v) is 6.74. The van der Waals surface area contributed by atoms with Gasteiger partial charge in [0.25, 0.3) is 0 Å². The zero-order chi connectivity index (χ0) is 19.2. The van der Waals surface area contributed by atoms with E-state index < -0.39 is 11.7 Å². The highest BCUT2D eigenvalue weighted by Gasteiger charge is 2.15. The molecule has 1 aromatic carbocycles. The van der Waals surface area contributed by atoms with Crippen LogP contribution >= 0.6 is 0 Å². The molecule has 140 valence electrons. The van der Waals surface area contributed by atoms with Crippen LogP contribution in [0.3, 0.4) is 0 Å². The van der Waals surface area contributed by atoms with Gasteiger partial charge in [-0.05, 0) is 50.1 Å². The number of aliphatic hydroxyl groups is 1. The van der Waals surface area contributed by atoms with Gasteiger partial charge in [-0.2, -0.15) is 4.98 Å². The fraction of sp³-hybridized carbons (Fsp3) is 0.368. The van der Waals surface area contributed by atoms with Crippen LogP contribution in [0.1, 0.15) is 31.9 Å². The highest BCUT2D eigenvalue weighted by molar-refractivity contribution is 5.68. The summed E-state index contributed by atoms with van der Waals surface area (Å²) in [4.78, 5) is 16.1. The summed E-state index contributed by atoms with van der Waals surface area (Å²) in [5, 5.41) is 15.2. The van der Waals surface area contributed by atoms with Gasteiger partial charge in [0.1, 0.15) is 11.4 Å². The maximum absolute atomic E-state index is 11.8. The Hall–Kier alpha value is -2.80. The number of alkyl carbamates (subject to hydrolysis) is 1. The number of carbonyl (C=O) groups is 1. The minimum Gasteiger partial charge on any atom is -0.481 e. The molecule has 0 saturated carbocycles. The summed E-state index contributed by atoms with van der Waals surface area (Å²) in [6.07, 6.45) is -0.460. The summed E-state index contributed by atoms with van der Waals surface area (Å²) in [6.45, 7) is 5.70. The van der Waals surface area contributed by atoms with E-state index in [2.05, 4.69) is 15.6 Å². The Balaban J connectivity index is 2.04. The van der Waals surface area contributed by atoms with Crippen LogP contribution in [0.2, 0.25) is 0 Å². The molecule has 1 heterocycles. The number of pyridine rings is 1. The number of amides is 1. The van der Waals surface area contributed by atoms with Crippen molar-refractivity contribution in [3.05, 3.63) is 47.5 Å². The van der Waals surface area contributed by atoms with Gasteiger partial charge in [-0.1, -0.05) is 12.1 Å². The molecular weight excluding hydrogens is 334 g/mol. The van der Waals surface area contributed by atoms with Crippen molar-refractivity contribution in [1.82, 2.24) is 10.3 Å². The molecule has 0 spiro atoms. The topological polar surface area (TPSA) is 92.7 Å². The molecule has 0 radical (unpaired) electrons. The summed E-state index contributed by atoms with van der Waals surface area (Å²) >= 11 is 0. The Morgan fingerprint density at radius 2 is 1.96 bits per heavy atom. The lowest BCUT2D eigenvalue weighted by atomic mass is 10.2. The number of benzene rings is 1. The minimum absolute atomic E-state index is 0.104. The van der Waals surface area contributed by atoms with E-state index in [1.807, 2.05) is 45.0 Å². The summed E-state index contributed by atoms with van der Waals surface area (Å²) in [6, 6.07) is 11.0. The maximum Gasteiger partial charge on any atom is 0.407 e. The van der Waals surface area contributed by atoms with Crippen LogP contribution in [0, 0.1) is 0 Å². The second kappa shape index (κ2) is 8.53. The quantitative estimate of drug-likeness (QED) is 0.732. The van der Waals surface area contributed by atoms with Crippen LogP contribution in [-0.4, -0.2) is 28.9 Å². The molecule has 1 amide bonds. The number of aliphatic hydroxyl groups excluding tert-OH is 1. The molecule has 0 atom stereocenters. The minimum atomic E-state index is -0.532. The number of anilines is 2. The van der Waals surface area contributed by atoms with Gasteiger partial charge in [0.2, 0.25) is 5.88 Å². The number of nitrogens with one attached hydrogen (secondary N) is 2. The van der Waals surface area contributed by atoms with Gasteiger partial charge in [-0.3, -0.25) is 0 Å². The summed E-state index contributed by atoms with van der Waals surface area (Å²) in [5.74, 6) is 0.979. The molecule has 7 nitrogen and oxygen atoms in total. The van der Waals surface area contributed by atoms with Gasteiger partial charge < -0.3 is 25.2 Å². The summed E-state index contributed by atoms with van der Waals surface area (Å²) < 4.78 is 10.4. The number of aromatic nitrogens is 1. The lowest BCUT2D eigenvalue weighted by molar-refractivity contribution is 0.0523. The van der Waals surface area contributed by atoms with Crippen molar-refractivity contribution < 1.29 is 19.4 Å². The van der Waals surface area contributed by atoms with Crippen LogP contribution in [-0.2, 0) is 17.9 Å². The van der Waals surface area contributed by atoms with Gasteiger partial charge in [-0.25, -0.2) is 4.79 Å². The summed E-state index contributed by atoms with van der Waals surface area (Å²) in [5.41, 5.74) is 1.88. The Bertz CT molecular complexity index is 734. The zero-order valence-electron chi connectivity index (χ0n) is 15.5. The van der Waals surface area contributed by atoms with Crippen LogP contribution in [0.25, 0.3) is 0 Å². The molecule has 0 bridgehead atoms. The molecule has 2 rings (SSSR count). The fourth-order valence-electron chi connectivity index (χ4n) is 2.21. The number of ether oxygens (including phenoxy) is 2. The molecule has 7 heteroatoms. The Morgan fingerprint density at radius 3 is 2.62 bits per heavy atom. The molecule has 3 N–H and O–H groups in total. The molecule has 0 saturated heterocycles. The highest BCUT2D eigenvalue weighted by Crippen LogP contribution is 2.21. The molecule has 1 aromatic heterocycles. The third kappa shape index (κ3) is 6.25. The number of hydrogen-bond donors (Lipinski definition) is 3. The van der Waals surface area contributed by atoms with Crippen molar-refractivity contribution in [3.63, 3.8) is 0 Å². The highest BCUT2D eigenvalue weighted by atomic mass is 16.6. The van der Waals surface area contributed by atoms with Crippen molar-refractivity contribution in [1.29, 1.82) is 0 Å². The Kier molecular flexibility index (Phi) is 6.41. The number of hydrogen-bond acceptors (Lipinski definition) is 6. The van der Waals surface area contributed by atoms with Crippen molar-refractivity contribution in [2.24, 2.45) is 0 Å². The molecule has 0 aliphatic rings. The van der Waals surface area contributed by atoms with E-state index in [0.717, 1.165) is 11.3 Å². The molecule has 0 aliphatic carbocycles. The van der Waals surface area contributed by atoms with E-state index in [1.165, 1.54) is 7.11 Å². The third-order valence-electron chi connectivity index (χ3n) is 3.29. The molecule has 0 aliphatic heterocycles. The predicted octanol–water partition coefficient (Wildman–Crippen LogP) is 3.35. The monoisotopic (exact) mass is 359 g/mol. The number of rotatable bonds is 6. The van der Waals surface area contributed by atoms with Crippen LogP contribution in [0.4, 0.5) is 16.3 Å². The first-order valence-electron chi connectivity index (χ1n) is 8.27. The largest absolute Gasteiger partial charge is 0.481 e. The first-order chi connectivity index (χ1) is 12.3. The summed E-state index contributed by atoms with van der Waals surface area (Å²) in [7, 11) is 1.52. The lowest BCUT2D eigenvalue weighted by Gasteiger charge is -2.19. The number of nitrogens with zero attached hydrogens (tertiary/aromatic N) is 1. The maximum atomic E-state index is 11.8. The van der Waals surface area contributed by atoms with Gasteiger partial charge >= 0.3 is 6.09 Å². The van der Waals surface area contributed by atoms with Gasteiger partial charge in [0.05, 0.1) is 13.7 Å².